The number of phenols is 1. The van der Waals surface area contributed by atoms with Crippen molar-refractivity contribution < 1.29 is 28.2 Å². The maximum Gasteiger partial charge on any atom is 0.416 e. The van der Waals surface area contributed by atoms with Crippen LogP contribution in [0.25, 0.3) is 0 Å². The maximum atomic E-state index is 12.5. The van der Waals surface area contributed by atoms with Gasteiger partial charge in [-0.3, -0.25) is 0 Å². The first kappa shape index (κ1) is 16.7. The molecule has 0 aliphatic heterocycles. The highest BCUT2D eigenvalue weighted by Gasteiger charge is 2.29. The molecule has 0 aliphatic carbocycles. The number of aromatic hydroxyl groups is 1. The summed E-state index contributed by atoms with van der Waals surface area (Å²) in [7, 11) is 0. The summed E-state index contributed by atoms with van der Waals surface area (Å²) in [5, 5.41) is 21.4. The Balaban J connectivity index is 1.97. The van der Waals surface area contributed by atoms with Crippen LogP contribution in [0.5, 0.6) is 5.75 Å². The zero-order valence-electron chi connectivity index (χ0n) is 11.9. The Bertz CT molecular complexity index is 697. The Morgan fingerprint density at radius 3 is 2.30 bits per heavy atom. The Kier molecular flexibility index (Phi) is 4.78. The second-order valence-corrected chi connectivity index (χ2v) is 4.91. The van der Waals surface area contributed by atoms with Crippen LogP contribution < -0.4 is 5.32 Å². The van der Waals surface area contributed by atoms with Crippen LogP contribution in [0.15, 0.2) is 42.5 Å². The van der Waals surface area contributed by atoms with Gasteiger partial charge in [0.15, 0.2) is 0 Å². The van der Waals surface area contributed by atoms with Crippen molar-refractivity contribution in [3.05, 3.63) is 59.2 Å². The smallest absolute Gasteiger partial charge is 0.416 e. The fourth-order valence-electron chi connectivity index (χ4n) is 2.01. The van der Waals surface area contributed by atoms with E-state index in [1.807, 2.05) is 0 Å². The van der Waals surface area contributed by atoms with E-state index in [0.29, 0.717) is 18.5 Å². The summed E-state index contributed by atoms with van der Waals surface area (Å²) in [4.78, 5) is 10.9. The summed E-state index contributed by atoms with van der Waals surface area (Å²) in [6.45, 7) is 0.335. The molecule has 0 atom stereocenters. The zero-order chi connectivity index (χ0) is 17.0. The van der Waals surface area contributed by atoms with Gasteiger partial charge in [-0.1, -0.05) is 12.1 Å². The van der Waals surface area contributed by atoms with Gasteiger partial charge in [-0.15, -0.1) is 0 Å². The normalized spacial score (nSPS) is 11.3. The highest BCUT2D eigenvalue weighted by Crippen LogP contribution is 2.29. The average Bonchev–Trinajstić information content (AvgIpc) is 2.48. The third-order valence-electron chi connectivity index (χ3n) is 3.25. The van der Waals surface area contributed by atoms with Crippen molar-refractivity contribution in [3.63, 3.8) is 0 Å². The number of benzene rings is 2. The molecule has 0 unspecified atom stereocenters. The highest BCUT2D eigenvalue weighted by atomic mass is 19.4. The lowest BCUT2D eigenvalue weighted by atomic mass is 10.1. The van der Waals surface area contributed by atoms with Gasteiger partial charge < -0.3 is 15.5 Å². The lowest BCUT2D eigenvalue weighted by Crippen LogP contribution is -2.08. The van der Waals surface area contributed by atoms with Crippen molar-refractivity contribution in [1.82, 2.24) is 0 Å². The summed E-state index contributed by atoms with van der Waals surface area (Å²) >= 11 is 0. The number of carboxylic acids is 1. The summed E-state index contributed by atoms with van der Waals surface area (Å²) in [6.07, 6.45) is -3.94. The minimum atomic E-state index is -4.36. The largest absolute Gasteiger partial charge is 0.506 e. The Labute approximate surface area is 130 Å². The number of aromatic carboxylic acids is 1. The molecule has 0 aliphatic rings. The predicted octanol–water partition coefficient (Wildman–Crippen LogP) is 3.76. The molecule has 0 radical (unpaired) electrons. The molecule has 7 heteroatoms. The van der Waals surface area contributed by atoms with Crippen molar-refractivity contribution >= 4 is 11.7 Å². The molecular weight excluding hydrogens is 311 g/mol. The lowest BCUT2D eigenvalue weighted by molar-refractivity contribution is -0.137. The van der Waals surface area contributed by atoms with E-state index in [2.05, 4.69) is 5.32 Å². The first-order chi connectivity index (χ1) is 10.8. The van der Waals surface area contributed by atoms with Crippen LogP contribution in [0.1, 0.15) is 21.5 Å². The molecule has 0 fully saturated rings. The van der Waals surface area contributed by atoms with Crippen molar-refractivity contribution in [2.24, 2.45) is 0 Å². The molecule has 0 bridgehead atoms. The lowest BCUT2D eigenvalue weighted by Gasteiger charge is -2.10. The van der Waals surface area contributed by atoms with E-state index in [9.17, 15) is 23.1 Å². The third kappa shape index (κ3) is 4.38. The number of halogens is 3. The molecule has 122 valence electrons. The summed E-state index contributed by atoms with van der Waals surface area (Å²) in [6, 6.07) is 8.64. The number of hydrogen-bond donors (Lipinski definition) is 3. The molecule has 2 aromatic carbocycles. The van der Waals surface area contributed by atoms with Crippen LogP contribution in [0, 0.1) is 0 Å². The summed E-state index contributed by atoms with van der Waals surface area (Å²) in [5.74, 6) is -1.21. The molecule has 0 aromatic heterocycles. The van der Waals surface area contributed by atoms with E-state index < -0.39 is 17.7 Å². The number of carbonyl (C=O) groups is 1. The van der Waals surface area contributed by atoms with Crippen LogP contribution in [0.3, 0.4) is 0 Å². The van der Waals surface area contributed by atoms with Gasteiger partial charge in [0.1, 0.15) is 5.75 Å². The number of phenolic OH excluding ortho intramolecular Hbond substituents is 1. The van der Waals surface area contributed by atoms with Gasteiger partial charge in [0, 0.05) is 6.54 Å². The molecule has 2 aromatic rings. The van der Waals surface area contributed by atoms with Gasteiger partial charge in [0.2, 0.25) is 0 Å². The van der Waals surface area contributed by atoms with Gasteiger partial charge in [0.25, 0.3) is 0 Å². The van der Waals surface area contributed by atoms with Crippen molar-refractivity contribution in [2.45, 2.75) is 12.6 Å². The van der Waals surface area contributed by atoms with Crippen molar-refractivity contribution in [3.8, 4) is 5.75 Å². The molecule has 0 saturated carbocycles. The van der Waals surface area contributed by atoms with Gasteiger partial charge in [-0.2, -0.15) is 13.2 Å². The molecule has 0 saturated heterocycles. The van der Waals surface area contributed by atoms with Crippen molar-refractivity contribution in [1.29, 1.82) is 0 Å². The monoisotopic (exact) mass is 325 g/mol. The molecule has 0 amide bonds. The quantitative estimate of drug-likeness (QED) is 0.732. The molecular formula is C16H14F3NO3. The first-order valence-corrected chi connectivity index (χ1v) is 6.73. The number of anilines is 1. The predicted molar refractivity (Wildman–Crippen MR) is 78.7 cm³/mol. The van der Waals surface area contributed by atoms with Crippen LogP contribution in [0.4, 0.5) is 18.9 Å². The summed E-state index contributed by atoms with van der Waals surface area (Å²) < 4.78 is 37.4. The minimum Gasteiger partial charge on any atom is -0.506 e. The number of nitrogens with one attached hydrogen (secondary N) is 1. The number of hydrogen-bond acceptors (Lipinski definition) is 3. The van der Waals surface area contributed by atoms with E-state index in [0.717, 1.165) is 12.1 Å². The number of carboxylic acid groups (broad SMARTS) is 1. The fourth-order valence-corrected chi connectivity index (χ4v) is 2.01. The number of rotatable bonds is 5. The zero-order valence-corrected chi connectivity index (χ0v) is 11.9. The van der Waals surface area contributed by atoms with Gasteiger partial charge >= 0.3 is 12.1 Å². The Morgan fingerprint density at radius 2 is 1.74 bits per heavy atom. The molecule has 23 heavy (non-hydrogen) atoms. The third-order valence-corrected chi connectivity index (χ3v) is 3.25. The van der Waals surface area contributed by atoms with E-state index in [1.165, 1.54) is 30.3 Å². The molecule has 3 N–H and O–H groups in total. The van der Waals surface area contributed by atoms with Crippen LogP contribution in [0.2, 0.25) is 0 Å². The topological polar surface area (TPSA) is 69.6 Å². The highest BCUT2D eigenvalue weighted by molar-refractivity contribution is 5.89. The summed E-state index contributed by atoms with van der Waals surface area (Å²) in [5.41, 5.74) is 0.275. The van der Waals surface area contributed by atoms with Crippen LogP contribution in [-0.2, 0) is 12.6 Å². The van der Waals surface area contributed by atoms with Crippen LogP contribution in [-0.4, -0.2) is 22.7 Å². The number of alkyl halides is 3. The van der Waals surface area contributed by atoms with Gasteiger partial charge in [-0.05, 0) is 42.3 Å². The van der Waals surface area contributed by atoms with Crippen LogP contribution >= 0.6 is 0 Å². The SMILES string of the molecule is O=C(O)c1ccc(O)c(NCCc2ccc(C(F)(F)F)cc2)c1. The van der Waals surface area contributed by atoms with Gasteiger partial charge in [0.05, 0.1) is 16.8 Å². The second kappa shape index (κ2) is 6.60. The average molecular weight is 325 g/mol. The second-order valence-electron chi connectivity index (χ2n) is 4.91. The van der Waals surface area contributed by atoms with Gasteiger partial charge in [-0.25, -0.2) is 4.79 Å². The van der Waals surface area contributed by atoms with E-state index >= 15 is 0 Å². The minimum absolute atomic E-state index is 0.0276. The maximum absolute atomic E-state index is 12.5. The van der Waals surface area contributed by atoms with Crippen molar-refractivity contribution in [2.75, 3.05) is 11.9 Å². The molecule has 4 nitrogen and oxygen atoms in total. The van der Waals surface area contributed by atoms with E-state index in [-0.39, 0.29) is 17.0 Å². The molecule has 2 rings (SSSR count). The Hall–Kier alpha value is -2.70. The molecule has 0 heterocycles. The van der Waals surface area contributed by atoms with E-state index in [4.69, 9.17) is 5.11 Å². The standard InChI is InChI=1S/C16H14F3NO3/c17-16(18,19)12-4-1-10(2-5-12)7-8-20-13-9-11(15(22)23)3-6-14(13)21/h1-6,9,20-21H,7-8H2,(H,22,23). The van der Waals surface area contributed by atoms with E-state index in [1.54, 1.807) is 0 Å². The Morgan fingerprint density at radius 1 is 1.09 bits per heavy atom. The fraction of sp³-hybridized carbons (Fsp3) is 0.188. The first-order valence-electron chi connectivity index (χ1n) is 6.73. The molecule has 0 spiro atoms.